The van der Waals surface area contributed by atoms with Crippen LogP contribution in [0.3, 0.4) is 0 Å². The third-order valence-corrected chi connectivity index (χ3v) is 5.06. The Morgan fingerprint density at radius 1 is 1.00 bits per heavy atom. The molecule has 0 atom stereocenters. The van der Waals surface area contributed by atoms with Gasteiger partial charge in [-0.05, 0) is 35.6 Å². The minimum Gasteiger partial charge on any atom is -0.489 e. The number of benzene rings is 2. The first-order valence-corrected chi connectivity index (χ1v) is 9.28. The highest BCUT2D eigenvalue weighted by atomic mass is 16.5. The molecule has 0 saturated heterocycles. The maximum atomic E-state index is 11.5. The number of hydrogen-bond acceptors (Lipinski definition) is 3. The van der Waals surface area contributed by atoms with Gasteiger partial charge in [0.15, 0.2) is 0 Å². The zero-order valence-corrected chi connectivity index (χ0v) is 14.9. The van der Waals surface area contributed by atoms with E-state index in [-0.39, 0.29) is 5.91 Å². The molecule has 0 fully saturated rings. The predicted molar refractivity (Wildman–Crippen MR) is 103 cm³/mol. The van der Waals surface area contributed by atoms with Crippen molar-refractivity contribution in [1.29, 1.82) is 0 Å². The Morgan fingerprint density at radius 3 is 2.81 bits per heavy atom. The summed E-state index contributed by atoms with van der Waals surface area (Å²) in [5.41, 5.74) is 4.99. The highest BCUT2D eigenvalue weighted by molar-refractivity contribution is 5.94. The lowest BCUT2D eigenvalue weighted by Gasteiger charge is -2.27. The maximum absolute atomic E-state index is 11.5. The van der Waals surface area contributed by atoms with Crippen molar-refractivity contribution in [2.24, 2.45) is 0 Å². The lowest BCUT2D eigenvalue weighted by atomic mass is 10.00. The average molecular weight is 348 g/mol. The van der Waals surface area contributed by atoms with Crippen molar-refractivity contribution >= 4 is 11.6 Å². The van der Waals surface area contributed by atoms with Crippen LogP contribution in [0.4, 0.5) is 5.69 Å². The molecule has 0 saturated carbocycles. The fourth-order valence-electron chi connectivity index (χ4n) is 3.59. The molecule has 2 heterocycles. The van der Waals surface area contributed by atoms with Gasteiger partial charge in [0.05, 0.1) is 0 Å². The van der Waals surface area contributed by atoms with Gasteiger partial charge in [-0.15, -0.1) is 0 Å². The molecule has 1 amide bonds. The van der Waals surface area contributed by atoms with Gasteiger partial charge < -0.3 is 10.1 Å². The van der Waals surface area contributed by atoms with Gasteiger partial charge in [0, 0.05) is 37.8 Å². The third kappa shape index (κ3) is 3.97. The van der Waals surface area contributed by atoms with E-state index in [1.54, 1.807) is 0 Å². The monoisotopic (exact) mass is 348 g/mol. The summed E-state index contributed by atoms with van der Waals surface area (Å²) in [7, 11) is 0. The van der Waals surface area contributed by atoms with E-state index in [0.717, 1.165) is 43.9 Å². The van der Waals surface area contributed by atoms with Gasteiger partial charge in [-0.25, -0.2) is 0 Å². The molecule has 0 aliphatic carbocycles. The minimum atomic E-state index is 0.0812. The van der Waals surface area contributed by atoms with Crippen molar-refractivity contribution in [3.63, 3.8) is 0 Å². The Morgan fingerprint density at radius 2 is 1.88 bits per heavy atom. The van der Waals surface area contributed by atoms with Gasteiger partial charge in [0.1, 0.15) is 12.4 Å². The van der Waals surface area contributed by atoms with E-state index >= 15 is 0 Å². The van der Waals surface area contributed by atoms with Crippen molar-refractivity contribution in [2.75, 3.05) is 25.0 Å². The van der Waals surface area contributed by atoms with E-state index < -0.39 is 0 Å². The molecule has 2 aromatic rings. The summed E-state index contributed by atoms with van der Waals surface area (Å²) in [6, 6.07) is 14.6. The number of carbonyl (C=O) groups excluding carboxylic acids is 1. The molecule has 134 valence electrons. The fourth-order valence-corrected chi connectivity index (χ4v) is 3.59. The van der Waals surface area contributed by atoms with E-state index in [1.165, 1.54) is 16.7 Å². The number of nitrogens with one attached hydrogen (secondary N) is 1. The summed E-state index contributed by atoms with van der Waals surface area (Å²) in [6.07, 6.45) is 6.74. The molecule has 4 heteroatoms. The van der Waals surface area contributed by atoms with E-state index in [2.05, 4.69) is 46.6 Å². The minimum absolute atomic E-state index is 0.0812. The second-order valence-corrected chi connectivity index (χ2v) is 6.90. The Hall–Kier alpha value is -2.59. The summed E-state index contributed by atoms with van der Waals surface area (Å²) in [4.78, 5) is 13.9. The summed E-state index contributed by atoms with van der Waals surface area (Å²) < 4.78 is 5.80. The lowest BCUT2D eigenvalue weighted by molar-refractivity contribution is -0.116. The highest BCUT2D eigenvalue weighted by Gasteiger charge is 2.15. The molecular weight excluding hydrogens is 324 g/mol. The number of anilines is 1. The van der Waals surface area contributed by atoms with Crippen LogP contribution in [-0.2, 0) is 24.2 Å². The first-order chi connectivity index (χ1) is 12.8. The average Bonchev–Trinajstić information content (AvgIpc) is 2.67. The number of nitrogens with zero attached hydrogens (tertiary/aromatic N) is 1. The second-order valence-electron chi connectivity index (χ2n) is 6.90. The summed E-state index contributed by atoms with van der Waals surface area (Å²) >= 11 is 0. The van der Waals surface area contributed by atoms with Crippen LogP contribution < -0.4 is 10.1 Å². The van der Waals surface area contributed by atoms with Gasteiger partial charge in [-0.1, -0.05) is 42.5 Å². The number of ether oxygens (including phenoxy) is 1. The quantitative estimate of drug-likeness (QED) is 0.840. The number of amides is 1. The van der Waals surface area contributed by atoms with Crippen LogP contribution in [0.5, 0.6) is 5.75 Å². The fraction of sp³-hybridized carbons (Fsp3) is 0.318. The molecular formula is C22H24N2O2. The molecule has 4 rings (SSSR count). The summed E-state index contributed by atoms with van der Waals surface area (Å²) in [5, 5.41) is 2.91. The Kier molecular flexibility index (Phi) is 5.02. The first-order valence-electron chi connectivity index (χ1n) is 9.28. The van der Waals surface area contributed by atoms with Crippen LogP contribution in [0.25, 0.3) is 0 Å². The SMILES string of the molecule is O=C1CCc2ccc(OC/C=C\CN3CCc4ccccc4C3)cc2N1. The molecule has 0 radical (unpaired) electrons. The largest absolute Gasteiger partial charge is 0.489 e. The maximum Gasteiger partial charge on any atom is 0.224 e. The molecule has 0 unspecified atom stereocenters. The van der Waals surface area contributed by atoms with E-state index in [1.807, 2.05) is 18.2 Å². The van der Waals surface area contributed by atoms with Crippen molar-refractivity contribution in [2.45, 2.75) is 25.8 Å². The Balaban J connectivity index is 1.25. The standard InChI is InChI=1S/C22H24N2O2/c25-22-10-8-18-7-9-20(15-21(18)23-22)26-14-4-3-12-24-13-11-17-5-1-2-6-19(17)16-24/h1-7,9,15H,8,10-14,16H2,(H,23,25)/b4-3-. The summed E-state index contributed by atoms with van der Waals surface area (Å²) in [5.74, 6) is 0.875. The smallest absolute Gasteiger partial charge is 0.224 e. The number of aryl methyl sites for hydroxylation is 1. The van der Waals surface area contributed by atoms with E-state index in [0.29, 0.717) is 13.0 Å². The number of rotatable bonds is 5. The Bertz CT molecular complexity index is 829. The molecule has 26 heavy (non-hydrogen) atoms. The molecule has 2 aromatic carbocycles. The van der Waals surface area contributed by atoms with Crippen LogP contribution >= 0.6 is 0 Å². The molecule has 0 aromatic heterocycles. The van der Waals surface area contributed by atoms with Crippen LogP contribution in [-0.4, -0.2) is 30.5 Å². The van der Waals surface area contributed by atoms with Crippen LogP contribution in [0.15, 0.2) is 54.6 Å². The van der Waals surface area contributed by atoms with Crippen molar-refractivity contribution < 1.29 is 9.53 Å². The van der Waals surface area contributed by atoms with Gasteiger partial charge in [-0.2, -0.15) is 0 Å². The predicted octanol–water partition coefficient (Wildman–Crippen LogP) is 3.56. The van der Waals surface area contributed by atoms with Crippen LogP contribution in [0.1, 0.15) is 23.1 Å². The second kappa shape index (κ2) is 7.75. The Labute approximate surface area is 154 Å². The highest BCUT2D eigenvalue weighted by Crippen LogP contribution is 2.27. The number of fused-ring (bicyclic) bond motifs is 2. The first kappa shape index (κ1) is 16.9. The normalized spacial score (nSPS) is 16.8. The molecule has 0 bridgehead atoms. The van der Waals surface area contributed by atoms with Crippen LogP contribution in [0.2, 0.25) is 0 Å². The van der Waals surface area contributed by atoms with Crippen molar-refractivity contribution in [1.82, 2.24) is 4.90 Å². The number of hydrogen-bond donors (Lipinski definition) is 1. The molecule has 2 aliphatic rings. The van der Waals surface area contributed by atoms with Gasteiger partial charge in [-0.3, -0.25) is 9.69 Å². The van der Waals surface area contributed by atoms with Gasteiger partial charge in [0.25, 0.3) is 0 Å². The molecule has 4 nitrogen and oxygen atoms in total. The van der Waals surface area contributed by atoms with Crippen molar-refractivity contribution in [3.8, 4) is 5.75 Å². The summed E-state index contributed by atoms with van der Waals surface area (Å²) in [6.45, 7) is 3.60. The van der Waals surface area contributed by atoms with Crippen LogP contribution in [0, 0.1) is 0 Å². The molecule has 2 aliphatic heterocycles. The van der Waals surface area contributed by atoms with Crippen molar-refractivity contribution in [3.05, 3.63) is 71.3 Å². The van der Waals surface area contributed by atoms with E-state index in [9.17, 15) is 4.79 Å². The lowest BCUT2D eigenvalue weighted by Crippen LogP contribution is -2.30. The molecule has 0 spiro atoms. The third-order valence-electron chi connectivity index (χ3n) is 5.06. The van der Waals surface area contributed by atoms with Gasteiger partial charge in [0.2, 0.25) is 5.91 Å². The van der Waals surface area contributed by atoms with E-state index in [4.69, 9.17) is 4.74 Å². The zero-order valence-electron chi connectivity index (χ0n) is 14.9. The van der Waals surface area contributed by atoms with Gasteiger partial charge >= 0.3 is 0 Å². The number of carbonyl (C=O) groups is 1. The molecule has 1 N–H and O–H groups in total. The topological polar surface area (TPSA) is 41.6 Å². The zero-order chi connectivity index (χ0) is 17.8.